The van der Waals surface area contributed by atoms with Crippen LogP contribution in [0.1, 0.15) is 18.5 Å². The van der Waals surface area contributed by atoms with Gasteiger partial charge in [0, 0.05) is 9.50 Å². The van der Waals surface area contributed by atoms with Crippen molar-refractivity contribution in [2.24, 2.45) is 0 Å². The summed E-state index contributed by atoms with van der Waals surface area (Å²) in [4.78, 5) is 0. The molecular weight excluding hydrogens is 345 g/mol. The Bertz CT molecular complexity index is 621. The minimum Gasteiger partial charge on any atom is -0.496 e. The number of halogens is 3. The summed E-state index contributed by atoms with van der Waals surface area (Å²) in [7, 11) is 1.53. The number of anilines is 1. The van der Waals surface area contributed by atoms with E-state index in [2.05, 4.69) is 21.2 Å². The van der Waals surface area contributed by atoms with Gasteiger partial charge in [-0.05, 0) is 53.2 Å². The molecule has 1 N–H and O–H groups in total. The van der Waals surface area contributed by atoms with Gasteiger partial charge in [-0.25, -0.2) is 4.39 Å². The molecule has 0 radical (unpaired) electrons. The van der Waals surface area contributed by atoms with Gasteiger partial charge < -0.3 is 10.1 Å². The molecular formula is C15H14BrClFNO. The van der Waals surface area contributed by atoms with E-state index in [4.69, 9.17) is 16.3 Å². The molecule has 5 heteroatoms. The maximum atomic E-state index is 14.0. The zero-order valence-corrected chi connectivity index (χ0v) is 13.4. The molecule has 2 nitrogen and oxygen atoms in total. The molecule has 0 amide bonds. The Morgan fingerprint density at radius 2 is 2.05 bits per heavy atom. The highest BCUT2D eigenvalue weighted by Gasteiger charge is 2.17. The van der Waals surface area contributed by atoms with E-state index in [1.165, 1.54) is 13.2 Å². The van der Waals surface area contributed by atoms with Crippen molar-refractivity contribution in [1.29, 1.82) is 0 Å². The topological polar surface area (TPSA) is 21.3 Å². The Morgan fingerprint density at radius 1 is 1.30 bits per heavy atom. The van der Waals surface area contributed by atoms with Crippen LogP contribution in [0.4, 0.5) is 10.1 Å². The van der Waals surface area contributed by atoms with E-state index < -0.39 is 0 Å². The lowest BCUT2D eigenvalue weighted by molar-refractivity contribution is 0.402. The fourth-order valence-electron chi connectivity index (χ4n) is 2.03. The lowest BCUT2D eigenvalue weighted by Crippen LogP contribution is -2.10. The first-order valence-corrected chi connectivity index (χ1v) is 7.24. The second kappa shape index (κ2) is 6.46. The minimum atomic E-state index is -0.303. The first-order chi connectivity index (χ1) is 9.52. The molecule has 0 aromatic heterocycles. The second-order valence-corrected chi connectivity index (χ2v) is 5.64. The first-order valence-electron chi connectivity index (χ1n) is 6.07. The molecule has 0 saturated carbocycles. The minimum absolute atomic E-state index is 0.263. The Labute approximate surface area is 131 Å². The fourth-order valence-corrected chi connectivity index (χ4v) is 2.56. The summed E-state index contributed by atoms with van der Waals surface area (Å²) in [5.74, 6) is 0.214. The maximum absolute atomic E-state index is 14.0. The van der Waals surface area contributed by atoms with Crippen molar-refractivity contribution < 1.29 is 9.13 Å². The van der Waals surface area contributed by atoms with Gasteiger partial charge in [0.05, 0.1) is 24.4 Å². The van der Waals surface area contributed by atoms with Gasteiger partial charge in [-0.2, -0.15) is 0 Å². The van der Waals surface area contributed by atoms with Gasteiger partial charge in [-0.1, -0.05) is 17.7 Å². The summed E-state index contributed by atoms with van der Waals surface area (Å²) in [6, 6.07) is 9.93. The average molecular weight is 359 g/mol. The highest BCUT2D eigenvalue weighted by molar-refractivity contribution is 9.10. The van der Waals surface area contributed by atoms with Crippen LogP contribution in [0.15, 0.2) is 40.9 Å². The molecule has 1 atom stereocenters. The van der Waals surface area contributed by atoms with Crippen molar-refractivity contribution in [1.82, 2.24) is 0 Å². The van der Waals surface area contributed by atoms with E-state index in [9.17, 15) is 4.39 Å². The molecule has 0 aliphatic heterocycles. The second-order valence-electron chi connectivity index (χ2n) is 4.35. The summed E-state index contributed by atoms with van der Waals surface area (Å²) in [6.45, 7) is 1.87. The van der Waals surface area contributed by atoms with E-state index >= 15 is 0 Å². The predicted molar refractivity (Wildman–Crippen MR) is 84.1 cm³/mol. The standard InChI is InChI=1S/C15H14BrClFNO/c1-9(15-12(18)4-3-5-14(15)20-2)19-13-8-10(17)6-7-11(13)16/h3-9,19H,1-2H3. The summed E-state index contributed by atoms with van der Waals surface area (Å²) < 4.78 is 20.1. The Kier molecular flexibility index (Phi) is 4.89. The third-order valence-electron chi connectivity index (χ3n) is 2.97. The number of hydrogen-bond acceptors (Lipinski definition) is 2. The summed E-state index contributed by atoms with van der Waals surface area (Å²) in [6.07, 6.45) is 0. The third kappa shape index (κ3) is 3.25. The van der Waals surface area contributed by atoms with Gasteiger partial charge in [0.15, 0.2) is 0 Å². The Hall–Kier alpha value is -1.26. The van der Waals surface area contributed by atoms with Gasteiger partial charge in [0.25, 0.3) is 0 Å². The SMILES string of the molecule is COc1cccc(F)c1C(C)Nc1cc(Cl)ccc1Br. The molecule has 0 saturated heterocycles. The van der Waals surface area contributed by atoms with Crippen molar-refractivity contribution >= 4 is 33.2 Å². The molecule has 2 aromatic carbocycles. The fraction of sp³-hybridized carbons (Fsp3) is 0.200. The van der Waals surface area contributed by atoms with Crippen LogP contribution in [0.2, 0.25) is 5.02 Å². The van der Waals surface area contributed by atoms with Gasteiger partial charge in [-0.3, -0.25) is 0 Å². The molecule has 20 heavy (non-hydrogen) atoms. The molecule has 106 valence electrons. The number of ether oxygens (including phenoxy) is 1. The van der Waals surface area contributed by atoms with Crippen LogP contribution in [0.5, 0.6) is 5.75 Å². The van der Waals surface area contributed by atoms with E-state index in [1.807, 2.05) is 13.0 Å². The van der Waals surface area contributed by atoms with Crippen LogP contribution >= 0.6 is 27.5 Å². The lowest BCUT2D eigenvalue weighted by Gasteiger charge is -2.20. The van der Waals surface area contributed by atoms with Crippen molar-refractivity contribution in [2.45, 2.75) is 13.0 Å². The van der Waals surface area contributed by atoms with Crippen LogP contribution in [-0.4, -0.2) is 7.11 Å². The summed E-state index contributed by atoms with van der Waals surface area (Å²) in [5, 5.41) is 3.85. The summed E-state index contributed by atoms with van der Waals surface area (Å²) >= 11 is 9.42. The first kappa shape index (κ1) is 15.1. The highest BCUT2D eigenvalue weighted by Crippen LogP contribution is 2.33. The van der Waals surface area contributed by atoms with E-state index in [-0.39, 0.29) is 11.9 Å². The average Bonchev–Trinajstić information content (AvgIpc) is 2.42. The van der Waals surface area contributed by atoms with Crippen molar-refractivity contribution in [3.8, 4) is 5.75 Å². The normalized spacial score (nSPS) is 12.1. The van der Waals surface area contributed by atoms with E-state index in [0.29, 0.717) is 16.3 Å². The molecule has 0 aliphatic carbocycles. The number of benzene rings is 2. The van der Waals surface area contributed by atoms with Gasteiger partial charge in [-0.15, -0.1) is 0 Å². The number of methoxy groups -OCH3 is 1. The monoisotopic (exact) mass is 357 g/mol. The zero-order valence-electron chi connectivity index (χ0n) is 11.1. The van der Waals surface area contributed by atoms with Crippen molar-refractivity contribution in [3.05, 3.63) is 57.3 Å². The molecule has 0 heterocycles. The van der Waals surface area contributed by atoms with Crippen molar-refractivity contribution in [2.75, 3.05) is 12.4 Å². The number of nitrogens with one attached hydrogen (secondary N) is 1. The largest absolute Gasteiger partial charge is 0.496 e. The van der Waals surface area contributed by atoms with Crippen LogP contribution in [0.3, 0.4) is 0 Å². The van der Waals surface area contributed by atoms with E-state index in [0.717, 1.165) is 10.2 Å². The molecule has 2 rings (SSSR count). The predicted octanol–water partition coefficient (Wildman–Crippen LogP) is 5.42. The quantitative estimate of drug-likeness (QED) is 0.787. The Morgan fingerprint density at radius 3 is 2.75 bits per heavy atom. The molecule has 1 unspecified atom stereocenters. The highest BCUT2D eigenvalue weighted by atomic mass is 79.9. The zero-order chi connectivity index (χ0) is 14.7. The maximum Gasteiger partial charge on any atom is 0.132 e. The summed E-state index contributed by atoms with van der Waals surface area (Å²) in [5.41, 5.74) is 1.29. The molecule has 0 aliphatic rings. The van der Waals surface area contributed by atoms with Gasteiger partial charge >= 0.3 is 0 Å². The lowest BCUT2D eigenvalue weighted by atomic mass is 10.1. The van der Waals surface area contributed by atoms with Crippen LogP contribution in [-0.2, 0) is 0 Å². The molecule has 0 bridgehead atoms. The van der Waals surface area contributed by atoms with Crippen molar-refractivity contribution in [3.63, 3.8) is 0 Å². The van der Waals surface area contributed by atoms with Gasteiger partial charge in [0.2, 0.25) is 0 Å². The van der Waals surface area contributed by atoms with E-state index in [1.54, 1.807) is 24.3 Å². The Balaban J connectivity index is 2.33. The smallest absolute Gasteiger partial charge is 0.132 e. The van der Waals surface area contributed by atoms with Gasteiger partial charge in [0.1, 0.15) is 11.6 Å². The van der Waals surface area contributed by atoms with Crippen LogP contribution < -0.4 is 10.1 Å². The molecule has 0 fully saturated rings. The third-order valence-corrected chi connectivity index (χ3v) is 3.89. The molecule has 0 spiro atoms. The molecule has 2 aromatic rings. The number of rotatable bonds is 4. The van der Waals surface area contributed by atoms with Crippen LogP contribution in [0, 0.1) is 5.82 Å². The number of hydrogen-bond donors (Lipinski definition) is 1. The van der Waals surface area contributed by atoms with Crippen LogP contribution in [0.25, 0.3) is 0 Å².